The average molecular weight is 199 g/mol. The number of aliphatic hydroxyl groups excluding tert-OH is 1. The van der Waals surface area contributed by atoms with Crippen molar-refractivity contribution in [1.82, 2.24) is 4.90 Å². The molecule has 0 aliphatic heterocycles. The third-order valence-corrected chi connectivity index (χ3v) is 3.51. The van der Waals surface area contributed by atoms with Crippen LogP contribution in [0.15, 0.2) is 0 Å². The fourth-order valence-electron chi connectivity index (χ4n) is 2.39. The van der Waals surface area contributed by atoms with Crippen molar-refractivity contribution in [2.24, 2.45) is 5.92 Å². The lowest BCUT2D eigenvalue weighted by Gasteiger charge is -2.27. The zero-order valence-electron chi connectivity index (χ0n) is 9.71. The van der Waals surface area contributed by atoms with Crippen molar-refractivity contribution < 1.29 is 5.11 Å². The molecule has 0 radical (unpaired) electrons. The third-order valence-electron chi connectivity index (χ3n) is 3.51. The molecule has 1 saturated carbocycles. The van der Waals surface area contributed by atoms with Gasteiger partial charge in [-0.1, -0.05) is 33.1 Å². The summed E-state index contributed by atoms with van der Waals surface area (Å²) < 4.78 is 0. The van der Waals surface area contributed by atoms with Gasteiger partial charge in [0.1, 0.15) is 0 Å². The highest BCUT2D eigenvalue weighted by Crippen LogP contribution is 2.24. The summed E-state index contributed by atoms with van der Waals surface area (Å²) in [4.78, 5) is 2.43. The van der Waals surface area contributed by atoms with Crippen LogP contribution in [0.1, 0.15) is 46.0 Å². The van der Waals surface area contributed by atoms with Gasteiger partial charge in [0, 0.05) is 6.54 Å². The standard InChI is InChI=1S/C12H25NO/c1-3-13(4-2)10-11-8-6-5-7-9-12(11)14/h11-12,14H,3-10H2,1-2H3. The average Bonchev–Trinajstić information content (AvgIpc) is 2.40. The SMILES string of the molecule is CCN(CC)CC1CCCCCC1O. The van der Waals surface area contributed by atoms with E-state index in [1.807, 2.05) is 0 Å². The molecule has 0 heterocycles. The van der Waals surface area contributed by atoms with Gasteiger partial charge >= 0.3 is 0 Å². The van der Waals surface area contributed by atoms with Crippen LogP contribution in [-0.4, -0.2) is 35.7 Å². The minimum absolute atomic E-state index is 0.0434. The van der Waals surface area contributed by atoms with E-state index >= 15 is 0 Å². The van der Waals surface area contributed by atoms with E-state index in [9.17, 15) is 5.11 Å². The molecule has 0 aromatic rings. The van der Waals surface area contributed by atoms with Crippen molar-refractivity contribution in [3.05, 3.63) is 0 Å². The number of hydrogen-bond donors (Lipinski definition) is 1. The van der Waals surface area contributed by atoms with E-state index < -0.39 is 0 Å². The Morgan fingerprint density at radius 3 is 2.36 bits per heavy atom. The summed E-state index contributed by atoms with van der Waals surface area (Å²) in [5.41, 5.74) is 0. The summed E-state index contributed by atoms with van der Waals surface area (Å²) >= 11 is 0. The summed E-state index contributed by atoms with van der Waals surface area (Å²) in [7, 11) is 0. The summed E-state index contributed by atoms with van der Waals surface area (Å²) in [6.07, 6.45) is 6.03. The van der Waals surface area contributed by atoms with Crippen LogP contribution >= 0.6 is 0 Å². The number of rotatable bonds is 4. The van der Waals surface area contributed by atoms with Crippen molar-refractivity contribution in [2.75, 3.05) is 19.6 Å². The lowest BCUT2D eigenvalue weighted by Crippen LogP contribution is -2.34. The van der Waals surface area contributed by atoms with Gasteiger partial charge in [-0.3, -0.25) is 0 Å². The number of hydrogen-bond acceptors (Lipinski definition) is 2. The minimum atomic E-state index is -0.0434. The molecular weight excluding hydrogens is 174 g/mol. The van der Waals surface area contributed by atoms with Gasteiger partial charge in [-0.15, -0.1) is 0 Å². The second kappa shape index (κ2) is 6.41. The van der Waals surface area contributed by atoms with E-state index in [1.54, 1.807) is 0 Å². The molecule has 2 heteroatoms. The van der Waals surface area contributed by atoms with E-state index in [-0.39, 0.29) is 6.10 Å². The first-order valence-electron chi connectivity index (χ1n) is 6.18. The molecular formula is C12H25NO. The summed E-state index contributed by atoms with van der Waals surface area (Å²) in [5, 5.41) is 9.96. The Hall–Kier alpha value is -0.0800. The van der Waals surface area contributed by atoms with Crippen molar-refractivity contribution >= 4 is 0 Å². The van der Waals surface area contributed by atoms with Gasteiger partial charge in [-0.05, 0) is 31.8 Å². The molecule has 84 valence electrons. The summed E-state index contributed by atoms with van der Waals surface area (Å²) in [5.74, 6) is 0.525. The molecule has 0 spiro atoms. The molecule has 2 nitrogen and oxygen atoms in total. The molecule has 0 aromatic carbocycles. The van der Waals surface area contributed by atoms with Gasteiger partial charge in [0.25, 0.3) is 0 Å². The first-order valence-corrected chi connectivity index (χ1v) is 6.18. The third kappa shape index (κ3) is 3.58. The Morgan fingerprint density at radius 1 is 1.07 bits per heavy atom. The van der Waals surface area contributed by atoms with Crippen LogP contribution in [0.4, 0.5) is 0 Å². The topological polar surface area (TPSA) is 23.5 Å². The van der Waals surface area contributed by atoms with Crippen molar-refractivity contribution in [3.63, 3.8) is 0 Å². The summed E-state index contributed by atoms with van der Waals surface area (Å²) in [6, 6.07) is 0. The van der Waals surface area contributed by atoms with E-state index in [1.165, 1.54) is 25.7 Å². The molecule has 0 saturated heterocycles. The van der Waals surface area contributed by atoms with Gasteiger partial charge in [-0.25, -0.2) is 0 Å². The Balaban J connectivity index is 2.39. The normalized spacial score (nSPS) is 29.1. The largest absolute Gasteiger partial charge is 0.393 e. The maximum absolute atomic E-state index is 9.96. The van der Waals surface area contributed by atoms with Crippen molar-refractivity contribution in [1.29, 1.82) is 0 Å². The summed E-state index contributed by atoms with van der Waals surface area (Å²) in [6.45, 7) is 7.72. The highest BCUT2D eigenvalue weighted by Gasteiger charge is 2.22. The van der Waals surface area contributed by atoms with Gasteiger partial charge in [0.05, 0.1) is 6.10 Å². The van der Waals surface area contributed by atoms with Crippen molar-refractivity contribution in [3.8, 4) is 0 Å². The smallest absolute Gasteiger partial charge is 0.0580 e. The van der Waals surface area contributed by atoms with E-state index in [4.69, 9.17) is 0 Å². The minimum Gasteiger partial charge on any atom is -0.393 e. The maximum atomic E-state index is 9.96. The predicted octanol–water partition coefficient (Wildman–Crippen LogP) is 2.27. The van der Waals surface area contributed by atoms with E-state index in [0.29, 0.717) is 5.92 Å². The molecule has 1 N–H and O–H groups in total. The predicted molar refractivity (Wildman–Crippen MR) is 60.4 cm³/mol. The molecule has 1 aliphatic rings. The van der Waals surface area contributed by atoms with Crippen LogP contribution in [0.2, 0.25) is 0 Å². The molecule has 0 aromatic heterocycles. The lowest BCUT2D eigenvalue weighted by molar-refractivity contribution is 0.0760. The maximum Gasteiger partial charge on any atom is 0.0580 e. The van der Waals surface area contributed by atoms with Crippen LogP contribution in [-0.2, 0) is 0 Å². The molecule has 0 amide bonds. The first-order chi connectivity index (χ1) is 6.77. The van der Waals surface area contributed by atoms with Crippen molar-refractivity contribution in [2.45, 2.75) is 52.1 Å². The van der Waals surface area contributed by atoms with Crippen LogP contribution < -0.4 is 0 Å². The van der Waals surface area contributed by atoms with Crippen LogP contribution in [0.5, 0.6) is 0 Å². The van der Waals surface area contributed by atoms with Crippen LogP contribution in [0.3, 0.4) is 0 Å². The monoisotopic (exact) mass is 199 g/mol. The zero-order valence-corrected chi connectivity index (χ0v) is 9.71. The molecule has 2 atom stereocenters. The molecule has 1 rings (SSSR count). The Kier molecular flexibility index (Phi) is 5.49. The second-order valence-corrected chi connectivity index (χ2v) is 4.45. The van der Waals surface area contributed by atoms with E-state index in [2.05, 4.69) is 18.7 Å². The number of nitrogens with zero attached hydrogens (tertiary/aromatic N) is 1. The molecule has 1 aliphatic carbocycles. The lowest BCUT2D eigenvalue weighted by atomic mass is 9.97. The highest BCUT2D eigenvalue weighted by atomic mass is 16.3. The molecule has 2 unspecified atom stereocenters. The Morgan fingerprint density at radius 2 is 1.71 bits per heavy atom. The van der Waals surface area contributed by atoms with Gasteiger partial charge in [-0.2, -0.15) is 0 Å². The Labute approximate surface area is 88.3 Å². The Bertz CT molecular complexity index is 145. The quantitative estimate of drug-likeness (QED) is 0.702. The second-order valence-electron chi connectivity index (χ2n) is 4.45. The van der Waals surface area contributed by atoms with E-state index in [0.717, 1.165) is 26.1 Å². The fourth-order valence-corrected chi connectivity index (χ4v) is 2.39. The number of aliphatic hydroxyl groups is 1. The van der Waals surface area contributed by atoms with Gasteiger partial charge in [0.2, 0.25) is 0 Å². The molecule has 1 fully saturated rings. The van der Waals surface area contributed by atoms with Crippen LogP contribution in [0, 0.1) is 5.92 Å². The van der Waals surface area contributed by atoms with Gasteiger partial charge in [0.15, 0.2) is 0 Å². The molecule has 14 heavy (non-hydrogen) atoms. The molecule has 0 bridgehead atoms. The fraction of sp³-hybridized carbons (Fsp3) is 1.00. The first kappa shape index (κ1) is 12.0. The van der Waals surface area contributed by atoms with Crippen LogP contribution in [0.25, 0.3) is 0 Å². The van der Waals surface area contributed by atoms with Gasteiger partial charge < -0.3 is 10.0 Å². The highest BCUT2D eigenvalue weighted by molar-refractivity contribution is 4.75. The zero-order chi connectivity index (χ0) is 10.4.